The Hall–Kier alpha value is -2.63. The number of nitrogens with zero attached hydrogens (tertiary/aromatic N) is 4. The van der Waals surface area contributed by atoms with Crippen LogP contribution < -0.4 is 5.56 Å². The number of aromatic nitrogens is 3. The second-order valence-corrected chi connectivity index (χ2v) is 11.2. The fraction of sp³-hybridized carbons (Fsp3) is 0.560. The number of hydrogen-bond acceptors (Lipinski definition) is 7. The zero-order chi connectivity index (χ0) is 25.9. The van der Waals surface area contributed by atoms with Crippen molar-refractivity contribution in [3.63, 3.8) is 0 Å². The number of aryl methyl sites for hydroxylation is 2. The van der Waals surface area contributed by atoms with Crippen molar-refractivity contribution in [1.29, 1.82) is 0 Å². The summed E-state index contributed by atoms with van der Waals surface area (Å²) in [6.45, 7) is 6.92. The second-order valence-electron chi connectivity index (χ2n) is 9.45. The lowest BCUT2D eigenvalue weighted by atomic mass is 9.91. The molecule has 0 amide bonds. The third kappa shape index (κ3) is 6.19. The normalized spacial score (nSPS) is 17.0. The van der Waals surface area contributed by atoms with E-state index in [1.165, 1.54) is 19.1 Å². The van der Waals surface area contributed by atoms with Crippen LogP contribution in [0.3, 0.4) is 0 Å². The van der Waals surface area contributed by atoms with E-state index in [-0.39, 0.29) is 17.1 Å². The lowest BCUT2D eigenvalue weighted by Gasteiger charge is -2.31. The summed E-state index contributed by atoms with van der Waals surface area (Å²) in [7, 11) is -3.66. The SMILES string of the molecule is CCS(=O)(=O)O.Cc1nc2n(c(=O)c1CCN1CCC(c3noc4cc(F)ccc34)CC1)CCCC2. The van der Waals surface area contributed by atoms with Gasteiger partial charge in [0.05, 0.1) is 11.4 Å². The van der Waals surface area contributed by atoms with Crippen molar-refractivity contribution in [2.75, 3.05) is 25.4 Å². The summed E-state index contributed by atoms with van der Waals surface area (Å²) in [5.74, 6) is 0.772. The van der Waals surface area contributed by atoms with E-state index in [2.05, 4.69) is 10.1 Å². The van der Waals surface area contributed by atoms with Crippen LogP contribution in [0.25, 0.3) is 11.0 Å². The van der Waals surface area contributed by atoms with E-state index in [0.29, 0.717) is 11.5 Å². The van der Waals surface area contributed by atoms with Crippen molar-refractivity contribution in [1.82, 2.24) is 19.6 Å². The first-order valence-electron chi connectivity index (χ1n) is 12.5. The Morgan fingerprint density at radius 2 is 1.92 bits per heavy atom. The van der Waals surface area contributed by atoms with E-state index in [1.807, 2.05) is 11.5 Å². The molecule has 1 saturated heterocycles. The number of benzene rings is 1. The summed E-state index contributed by atoms with van der Waals surface area (Å²) >= 11 is 0. The number of fused-ring (bicyclic) bond motifs is 2. The molecule has 196 valence electrons. The molecule has 5 rings (SSSR count). The molecule has 4 heterocycles. The minimum atomic E-state index is -3.66. The maximum atomic E-state index is 13.4. The van der Waals surface area contributed by atoms with Crippen LogP contribution in [0.5, 0.6) is 0 Å². The van der Waals surface area contributed by atoms with Crippen LogP contribution in [-0.4, -0.2) is 58.0 Å². The first-order chi connectivity index (χ1) is 17.2. The average Bonchev–Trinajstić information content (AvgIpc) is 3.27. The van der Waals surface area contributed by atoms with Gasteiger partial charge in [-0.25, -0.2) is 9.37 Å². The van der Waals surface area contributed by atoms with E-state index in [1.54, 1.807) is 6.07 Å². The molecule has 3 aromatic rings. The zero-order valence-corrected chi connectivity index (χ0v) is 21.6. The molecule has 0 spiro atoms. The molecule has 1 aromatic carbocycles. The lowest BCUT2D eigenvalue weighted by Crippen LogP contribution is -2.37. The molecule has 11 heteroatoms. The van der Waals surface area contributed by atoms with Crippen molar-refractivity contribution < 1.29 is 21.9 Å². The van der Waals surface area contributed by atoms with Crippen molar-refractivity contribution in [2.45, 2.75) is 64.8 Å². The van der Waals surface area contributed by atoms with Crippen LogP contribution in [0.4, 0.5) is 4.39 Å². The Morgan fingerprint density at radius 1 is 1.19 bits per heavy atom. The van der Waals surface area contributed by atoms with Gasteiger partial charge >= 0.3 is 0 Å². The highest BCUT2D eigenvalue weighted by Gasteiger charge is 2.25. The molecule has 2 aromatic heterocycles. The van der Waals surface area contributed by atoms with Crippen LogP contribution in [0.1, 0.15) is 61.3 Å². The quantitative estimate of drug-likeness (QED) is 0.508. The van der Waals surface area contributed by atoms with Gasteiger partial charge in [-0.05, 0) is 71.2 Å². The van der Waals surface area contributed by atoms with Crippen molar-refractivity contribution in [2.24, 2.45) is 0 Å². The first-order valence-corrected chi connectivity index (χ1v) is 14.1. The van der Waals surface area contributed by atoms with Gasteiger partial charge in [0.15, 0.2) is 5.58 Å². The smallest absolute Gasteiger partial charge is 0.264 e. The van der Waals surface area contributed by atoms with Gasteiger partial charge < -0.3 is 9.42 Å². The molecule has 9 nitrogen and oxygen atoms in total. The molecule has 0 atom stereocenters. The third-order valence-electron chi connectivity index (χ3n) is 7.06. The third-order valence-corrected chi connectivity index (χ3v) is 7.79. The number of piperidine rings is 1. The van der Waals surface area contributed by atoms with Crippen LogP contribution in [0.2, 0.25) is 0 Å². The van der Waals surface area contributed by atoms with Gasteiger partial charge in [0, 0.05) is 48.1 Å². The summed E-state index contributed by atoms with van der Waals surface area (Å²) < 4.78 is 47.5. The summed E-state index contributed by atoms with van der Waals surface area (Å²) in [6.07, 6.45) is 5.81. The first kappa shape index (κ1) is 26.4. The predicted molar refractivity (Wildman–Crippen MR) is 134 cm³/mol. The highest BCUT2D eigenvalue weighted by atomic mass is 32.2. The predicted octanol–water partition coefficient (Wildman–Crippen LogP) is 3.48. The molecular formula is C25H33FN4O5S. The fourth-order valence-electron chi connectivity index (χ4n) is 4.94. The van der Waals surface area contributed by atoms with Crippen LogP contribution >= 0.6 is 0 Å². The molecular weight excluding hydrogens is 487 g/mol. The Balaban J connectivity index is 0.000000455. The van der Waals surface area contributed by atoms with E-state index in [9.17, 15) is 17.6 Å². The van der Waals surface area contributed by atoms with Gasteiger partial charge in [0.2, 0.25) is 0 Å². The van der Waals surface area contributed by atoms with Gasteiger partial charge in [0.1, 0.15) is 11.6 Å². The van der Waals surface area contributed by atoms with Crippen LogP contribution in [0, 0.1) is 12.7 Å². The topological polar surface area (TPSA) is 119 Å². The van der Waals surface area contributed by atoms with Gasteiger partial charge in [-0.2, -0.15) is 8.42 Å². The maximum absolute atomic E-state index is 13.4. The van der Waals surface area contributed by atoms with Crippen LogP contribution in [0.15, 0.2) is 27.5 Å². The minimum Gasteiger partial charge on any atom is -0.356 e. The molecule has 0 bridgehead atoms. The summed E-state index contributed by atoms with van der Waals surface area (Å²) in [4.78, 5) is 20.1. The molecule has 2 aliphatic rings. The molecule has 1 fully saturated rings. The lowest BCUT2D eigenvalue weighted by molar-refractivity contribution is 0.211. The highest BCUT2D eigenvalue weighted by molar-refractivity contribution is 7.85. The van der Waals surface area contributed by atoms with Crippen LogP contribution in [-0.2, 0) is 29.5 Å². The van der Waals surface area contributed by atoms with Crippen molar-refractivity contribution in [3.05, 3.63) is 57.1 Å². The fourth-order valence-corrected chi connectivity index (χ4v) is 4.94. The molecule has 0 saturated carbocycles. The Morgan fingerprint density at radius 3 is 2.61 bits per heavy atom. The number of likely N-dealkylation sites (tertiary alicyclic amines) is 1. The van der Waals surface area contributed by atoms with E-state index in [0.717, 1.165) is 92.9 Å². The Bertz CT molecular complexity index is 1380. The van der Waals surface area contributed by atoms with Gasteiger partial charge in [-0.1, -0.05) is 5.16 Å². The number of halogens is 1. The highest BCUT2D eigenvalue weighted by Crippen LogP contribution is 2.32. The summed E-state index contributed by atoms with van der Waals surface area (Å²) in [5, 5.41) is 5.15. The Kier molecular flexibility index (Phi) is 8.21. The second kappa shape index (κ2) is 11.2. The maximum Gasteiger partial charge on any atom is 0.264 e. The van der Waals surface area contributed by atoms with Gasteiger partial charge in [0.25, 0.3) is 15.7 Å². The number of rotatable bonds is 5. The Labute approximate surface area is 210 Å². The largest absolute Gasteiger partial charge is 0.356 e. The van der Waals surface area contributed by atoms with E-state index >= 15 is 0 Å². The zero-order valence-electron chi connectivity index (χ0n) is 20.7. The average molecular weight is 521 g/mol. The van der Waals surface area contributed by atoms with Crippen molar-refractivity contribution >= 4 is 21.1 Å². The molecule has 0 unspecified atom stereocenters. The standard InChI is InChI=1S/C23H27FN4O2.C2H6O3S/c1-15-18(23(29)28-10-3-2-4-21(28)25-15)9-13-27-11-7-16(8-12-27)22-19-6-5-17(24)14-20(19)30-26-22;1-2-6(3,4)5/h5-6,14,16H,2-4,7-13H2,1H3;2H2,1H3,(H,3,4,5). The minimum absolute atomic E-state index is 0.161. The van der Waals surface area contributed by atoms with Gasteiger partial charge in [-0.15, -0.1) is 0 Å². The van der Waals surface area contributed by atoms with Crippen molar-refractivity contribution in [3.8, 4) is 0 Å². The molecule has 0 radical (unpaired) electrons. The number of hydrogen-bond donors (Lipinski definition) is 1. The van der Waals surface area contributed by atoms with E-state index in [4.69, 9.17) is 14.1 Å². The van der Waals surface area contributed by atoms with E-state index < -0.39 is 10.1 Å². The molecule has 2 aliphatic heterocycles. The molecule has 1 N–H and O–H groups in total. The van der Waals surface area contributed by atoms with Gasteiger partial charge in [-0.3, -0.25) is 13.9 Å². The summed E-state index contributed by atoms with van der Waals surface area (Å²) in [6, 6.07) is 4.63. The monoisotopic (exact) mass is 520 g/mol. The molecule has 36 heavy (non-hydrogen) atoms. The summed E-state index contributed by atoms with van der Waals surface area (Å²) in [5.41, 5.74) is 3.38. The molecule has 0 aliphatic carbocycles.